The van der Waals surface area contributed by atoms with Crippen molar-refractivity contribution in [3.8, 4) is 0 Å². The van der Waals surface area contributed by atoms with Crippen LogP contribution in [0.1, 0.15) is 23.7 Å². The SMILES string of the molecule is COCCNCC1CCOC1c1ccc(F)c(C)c1. The number of ether oxygens (including phenoxy) is 2. The Morgan fingerprint density at radius 2 is 2.32 bits per heavy atom. The number of nitrogens with one attached hydrogen (secondary N) is 1. The van der Waals surface area contributed by atoms with Gasteiger partial charge in [0.2, 0.25) is 0 Å². The number of aryl methyl sites for hydroxylation is 1. The molecule has 2 atom stereocenters. The normalized spacial score (nSPS) is 22.9. The molecule has 0 aromatic heterocycles. The van der Waals surface area contributed by atoms with Crippen molar-refractivity contribution in [3.63, 3.8) is 0 Å². The lowest BCUT2D eigenvalue weighted by molar-refractivity contribution is 0.0897. The molecule has 3 nitrogen and oxygen atoms in total. The molecule has 1 N–H and O–H groups in total. The van der Waals surface area contributed by atoms with Crippen LogP contribution in [0.15, 0.2) is 18.2 Å². The largest absolute Gasteiger partial charge is 0.383 e. The summed E-state index contributed by atoms with van der Waals surface area (Å²) in [7, 11) is 1.70. The zero-order valence-electron chi connectivity index (χ0n) is 11.6. The van der Waals surface area contributed by atoms with Crippen LogP contribution in [0.3, 0.4) is 0 Å². The first kappa shape index (κ1) is 14.4. The summed E-state index contributed by atoms with van der Waals surface area (Å²) in [5.74, 6) is 0.290. The third-order valence-electron chi connectivity index (χ3n) is 3.61. The molecule has 1 saturated heterocycles. The molecule has 2 unspecified atom stereocenters. The summed E-state index contributed by atoms with van der Waals surface area (Å²) in [6.07, 6.45) is 1.12. The van der Waals surface area contributed by atoms with Gasteiger partial charge >= 0.3 is 0 Å². The second kappa shape index (κ2) is 6.98. The maximum absolute atomic E-state index is 13.3. The molecular formula is C15H22FNO2. The van der Waals surface area contributed by atoms with E-state index in [1.807, 2.05) is 12.1 Å². The third-order valence-corrected chi connectivity index (χ3v) is 3.61. The molecule has 2 rings (SSSR count). The van der Waals surface area contributed by atoms with E-state index in [4.69, 9.17) is 9.47 Å². The van der Waals surface area contributed by atoms with E-state index < -0.39 is 0 Å². The average Bonchev–Trinajstić information content (AvgIpc) is 2.86. The highest BCUT2D eigenvalue weighted by molar-refractivity contribution is 5.26. The van der Waals surface area contributed by atoms with Crippen molar-refractivity contribution in [1.82, 2.24) is 5.32 Å². The Bertz CT molecular complexity index is 411. The van der Waals surface area contributed by atoms with Gasteiger partial charge in [0.05, 0.1) is 12.7 Å². The summed E-state index contributed by atoms with van der Waals surface area (Å²) < 4.78 is 24.1. The van der Waals surface area contributed by atoms with Crippen LogP contribution in [0.5, 0.6) is 0 Å². The maximum atomic E-state index is 13.3. The summed E-state index contributed by atoms with van der Waals surface area (Å²) in [6, 6.07) is 5.26. The number of hydrogen-bond acceptors (Lipinski definition) is 3. The lowest BCUT2D eigenvalue weighted by Crippen LogP contribution is -2.27. The average molecular weight is 267 g/mol. The quantitative estimate of drug-likeness (QED) is 0.803. The van der Waals surface area contributed by atoms with E-state index in [1.165, 1.54) is 6.07 Å². The monoisotopic (exact) mass is 267 g/mol. The van der Waals surface area contributed by atoms with Gasteiger partial charge in [0.25, 0.3) is 0 Å². The Labute approximate surface area is 114 Å². The molecule has 1 aliphatic heterocycles. The fraction of sp³-hybridized carbons (Fsp3) is 0.600. The van der Waals surface area contributed by atoms with Gasteiger partial charge in [0.1, 0.15) is 5.82 Å². The van der Waals surface area contributed by atoms with Gasteiger partial charge in [0.15, 0.2) is 0 Å². The maximum Gasteiger partial charge on any atom is 0.126 e. The minimum absolute atomic E-state index is 0.0781. The van der Waals surface area contributed by atoms with E-state index in [0.717, 1.165) is 31.7 Å². The van der Waals surface area contributed by atoms with Crippen LogP contribution in [0, 0.1) is 18.7 Å². The summed E-state index contributed by atoms with van der Waals surface area (Å²) in [4.78, 5) is 0. The molecule has 1 fully saturated rings. The standard InChI is InChI=1S/C15H22FNO2/c1-11-9-12(3-4-14(11)16)15-13(5-7-19-15)10-17-6-8-18-2/h3-4,9,13,15,17H,5-8,10H2,1-2H3. The highest BCUT2D eigenvalue weighted by Crippen LogP contribution is 2.34. The molecule has 4 heteroatoms. The minimum atomic E-state index is -0.156. The van der Waals surface area contributed by atoms with Gasteiger partial charge in [0, 0.05) is 32.7 Å². The second-order valence-electron chi connectivity index (χ2n) is 5.05. The molecule has 1 aliphatic rings. The molecule has 106 valence electrons. The summed E-state index contributed by atoms with van der Waals surface area (Å²) in [5.41, 5.74) is 1.76. The first-order valence-corrected chi connectivity index (χ1v) is 6.79. The molecule has 0 aliphatic carbocycles. The Balaban J connectivity index is 1.95. The number of rotatable bonds is 6. The number of benzene rings is 1. The van der Waals surface area contributed by atoms with Crippen molar-refractivity contribution in [2.75, 3.05) is 33.4 Å². The van der Waals surface area contributed by atoms with Gasteiger partial charge in [-0.25, -0.2) is 4.39 Å². The second-order valence-corrected chi connectivity index (χ2v) is 5.05. The van der Waals surface area contributed by atoms with Gasteiger partial charge in [-0.3, -0.25) is 0 Å². The fourth-order valence-corrected chi connectivity index (χ4v) is 2.52. The van der Waals surface area contributed by atoms with Gasteiger partial charge in [-0.2, -0.15) is 0 Å². The molecule has 0 bridgehead atoms. The molecule has 0 amide bonds. The Morgan fingerprint density at radius 1 is 1.47 bits per heavy atom. The van der Waals surface area contributed by atoms with Gasteiger partial charge in [-0.1, -0.05) is 12.1 Å². The van der Waals surface area contributed by atoms with Crippen LogP contribution in [-0.2, 0) is 9.47 Å². The van der Waals surface area contributed by atoms with Gasteiger partial charge in [-0.15, -0.1) is 0 Å². The van der Waals surface area contributed by atoms with Crippen molar-refractivity contribution in [2.24, 2.45) is 5.92 Å². The zero-order valence-corrected chi connectivity index (χ0v) is 11.6. The fourth-order valence-electron chi connectivity index (χ4n) is 2.52. The molecule has 0 radical (unpaired) electrons. The summed E-state index contributed by atoms with van der Waals surface area (Å²) in [5, 5.41) is 3.37. The topological polar surface area (TPSA) is 30.5 Å². The summed E-state index contributed by atoms with van der Waals surface area (Å²) >= 11 is 0. The molecule has 0 spiro atoms. The zero-order chi connectivity index (χ0) is 13.7. The number of halogens is 1. The van der Waals surface area contributed by atoms with Gasteiger partial charge in [-0.05, 0) is 30.5 Å². The molecule has 0 saturated carbocycles. The third kappa shape index (κ3) is 3.75. The first-order valence-electron chi connectivity index (χ1n) is 6.79. The molecule has 1 heterocycles. The van der Waals surface area contributed by atoms with E-state index in [-0.39, 0.29) is 11.9 Å². The smallest absolute Gasteiger partial charge is 0.126 e. The van der Waals surface area contributed by atoms with Crippen molar-refractivity contribution >= 4 is 0 Å². The van der Waals surface area contributed by atoms with E-state index >= 15 is 0 Å². The van der Waals surface area contributed by atoms with Crippen molar-refractivity contribution in [3.05, 3.63) is 35.1 Å². The molecule has 1 aromatic rings. The predicted molar refractivity (Wildman–Crippen MR) is 72.7 cm³/mol. The molecule has 19 heavy (non-hydrogen) atoms. The number of hydrogen-bond donors (Lipinski definition) is 1. The Morgan fingerprint density at radius 3 is 3.05 bits per heavy atom. The van der Waals surface area contributed by atoms with E-state index in [1.54, 1.807) is 14.0 Å². The number of methoxy groups -OCH3 is 1. The van der Waals surface area contributed by atoms with Crippen molar-refractivity contribution in [1.29, 1.82) is 0 Å². The lowest BCUT2D eigenvalue weighted by atomic mass is 9.94. The highest BCUT2D eigenvalue weighted by Gasteiger charge is 2.29. The van der Waals surface area contributed by atoms with Crippen molar-refractivity contribution in [2.45, 2.75) is 19.4 Å². The van der Waals surface area contributed by atoms with E-state index in [9.17, 15) is 4.39 Å². The van der Waals surface area contributed by atoms with Crippen LogP contribution in [-0.4, -0.2) is 33.4 Å². The summed E-state index contributed by atoms with van der Waals surface area (Å²) in [6.45, 7) is 5.04. The Hall–Kier alpha value is -0.970. The van der Waals surface area contributed by atoms with E-state index in [0.29, 0.717) is 18.1 Å². The van der Waals surface area contributed by atoms with Crippen LogP contribution >= 0.6 is 0 Å². The molecular weight excluding hydrogens is 245 g/mol. The molecule has 1 aromatic carbocycles. The van der Waals surface area contributed by atoms with Crippen LogP contribution in [0.25, 0.3) is 0 Å². The minimum Gasteiger partial charge on any atom is -0.383 e. The predicted octanol–water partition coefficient (Wildman–Crippen LogP) is 2.45. The van der Waals surface area contributed by atoms with E-state index in [2.05, 4.69) is 5.32 Å². The van der Waals surface area contributed by atoms with Crippen LogP contribution in [0.4, 0.5) is 4.39 Å². The van der Waals surface area contributed by atoms with Crippen molar-refractivity contribution < 1.29 is 13.9 Å². The van der Waals surface area contributed by atoms with Crippen LogP contribution < -0.4 is 5.32 Å². The lowest BCUT2D eigenvalue weighted by Gasteiger charge is -2.20. The first-order chi connectivity index (χ1) is 9.22. The highest BCUT2D eigenvalue weighted by atomic mass is 19.1. The van der Waals surface area contributed by atoms with Gasteiger partial charge < -0.3 is 14.8 Å². The van der Waals surface area contributed by atoms with Crippen LogP contribution in [0.2, 0.25) is 0 Å². The Kier molecular flexibility index (Phi) is 5.31.